The van der Waals surface area contributed by atoms with Crippen LogP contribution in [-0.4, -0.2) is 4.57 Å². The van der Waals surface area contributed by atoms with Crippen LogP contribution in [-0.2, 0) is 10.8 Å². The van der Waals surface area contributed by atoms with Crippen molar-refractivity contribution in [3.05, 3.63) is 239 Å². The molecule has 2 heteroatoms. The fourth-order valence-corrected chi connectivity index (χ4v) is 11.4. The fraction of sp³-hybridized carbons (Fsp3) is 0.0847. The predicted molar refractivity (Wildman–Crippen MR) is 256 cm³/mol. The lowest BCUT2D eigenvalue weighted by molar-refractivity contribution is 0.660. The SMILES string of the molecule is C=C/C=c1\c(=C/C)c2ccc(N(c3ccc4c(c3)-c3ccccc3C4(C)C)c3ccc4c(c3)-c3ccccc3C43c4ccccc4-c4ccccc43)cc2n1-c1ccccc1. The largest absolute Gasteiger partial charge is 0.310 e. The highest BCUT2D eigenvalue weighted by Crippen LogP contribution is 2.63. The maximum atomic E-state index is 4.12. The number of hydrogen-bond donors (Lipinski definition) is 0. The summed E-state index contributed by atoms with van der Waals surface area (Å²) < 4.78 is 2.38. The van der Waals surface area contributed by atoms with Crippen LogP contribution < -0.4 is 15.5 Å². The lowest BCUT2D eigenvalue weighted by Gasteiger charge is -2.31. The molecule has 1 heterocycles. The molecule has 61 heavy (non-hydrogen) atoms. The van der Waals surface area contributed by atoms with Gasteiger partial charge in [-0.1, -0.05) is 166 Å². The molecule has 3 aliphatic carbocycles. The second-order valence-electron chi connectivity index (χ2n) is 17.2. The molecule has 0 saturated carbocycles. The third-order valence-electron chi connectivity index (χ3n) is 13.9. The Morgan fingerprint density at radius 1 is 0.475 bits per heavy atom. The number of para-hydroxylation sites is 1. The van der Waals surface area contributed by atoms with E-state index in [1.807, 2.05) is 6.08 Å². The zero-order chi connectivity index (χ0) is 41.0. The minimum Gasteiger partial charge on any atom is -0.310 e. The molecule has 2 nitrogen and oxygen atoms in total. The van der Waals surface area contributed by atoms with Gasteiger partial charge in [-0.3, -0.25) is 0 Å². The Morgan fingerprint density at radius 2 is 0.918 bits per heavy atom. The Bertz CT molecular complexity index is 3390. The molecule has 0 amide bonds. The summed E-state index contributed by atoms with van der Waals surface area (Å²) >= 11 is 0. The summed E-state index contributed by atoms with van der Waals surface area (Å²) in [6, 6.07) is 68.2. The normalized spacial score (nSPS) is 15.0. The molecule has 0 unspecified atom stereocenters. The van der Waals surface area contributed by atoms with Crippen molar-refractivity contribution < 1.29 is 0 Å². The van der Waals surface area contributed by atoms with Crippen LogP contribution in [0.3, 0.4) is 0 Å². The number of allylic oxidation sites excluding steroid dienone is 1. The molecule has 0 saturated heterocycles. The summed E-state index contributed by atoms with van der Waals surface area (Å²) in [6.45, 7) is 11.0. The van der Waals surface area contributed by atoms with E-state index in [9.17, 15) is 0 Å². The van der Waals surface area contributed by atoms with Gasteiger partial charge in [0.15, 0.2) is 0 Å². The van der Waals surface area contributed by atoms with E-state index in [0.29, 0.717) is 0 Å². The number of fused-ring (bicyclic) bond motifs is 14. The van der Waals surface area contributed by atoms with Crippen LogP contribution in [0.4, 0.5) is 17.1 Å². The van der Waals surface area contributed by atoms with Gasteiger partial charge in [0.2, 0.25) is 0 Å². The lowest BCUT2D eigenvalue weighted by atomic mass is 9.70. The van der Waals surface area contributed by atoms with E-state index in [2.05, 4.69) is 231 Å². The molecule has 1 aromatic heterocycles. The highest BCUT2D eigenvalue weighted by atomic mass is 15.1. The number of rotatable bonds is 5. The van der Waals surface area contributed by atoms with Gasteiger partial charge < -0.3 is 9.47 Å². The summed E-state index contributed by atoms with van der Waals surface area (Å²) in [5.74, 6) is 0. The van der Waals surface area contributed by atoms with Gasteiger partial charge in [0.1, 0.15) is 0 Å². The number of anilines is 3. The van der Waals surface area contributed by atoms with Crippen LogP contribution in [0, 0.1) is 0 Å². The Hall–Kier alpha value is -7.42. The number of nitrogens with zero attached hydrogens (tertiary/aromatic N) is 2. The molecule has 0 atom stereocenters. The predicted octanol–water partition coefficient (Wildman–Crippen LogP) is 13.5. The van der Waals surface area contributed by atoms with E-state index in [1.54, 1.807) is 0 Å². The topological polar surface area (TPSA) is 8.17 Å². The second-order valence-corrected chi connectivity index (χ2v) is 17.2. The van der Waals surface area contributed by atoms with Crippen LogP contribution in [0.5, 0.6) is 0 Å². The van der Waals surface area contributed by atoms with Crippen LogP contribution in [0.15, 0.2) is 195 Å². The zero-order valence-corrected chi connectivity index (χ0v) is 34.7. The first kappa shape index (κ1) is 35.5. The summed E-state index contributed by atoms with van der Waals surface area (Å²) in [6.07, 6.45) is 6.25. The first-order valence-corrected chi connectivity index (χ1v) is 21.4. The molecule has 0 aliphatic heterocycles. The van der Waals surface area contributed by atoms with E-state index >= 15 is 0 Å². The fourth-order valence-electron chi connectivity index (χ4n) is 11.4. The Kier molecular flexibility index (Phi) is 7.59. The summed E-state index contributed by atoms with van der Waals surface area (Å²) in [5, 5.41) is 3.52. The summed E-state index contributed by atoms with van der Waals surface area (Å²) in [7, 11) is 0. The smallest absolute Gasteiger partial charge is 0.0725 e. The van der Waals surface area contributed by atoms with E-state index in [1.165, 1.54) is 77.4 Å². The number of hydrogen-bond acceptors (Lipinski definition) is 1. The van der Waals surface area contributed by atoms with Crippen LogP contribution in [0.1, 0.15) is 54.2 Å². The summed E-state index contributed by atoms with van der Waals surface area (Å²) in [4.78, 5) is 2.48. The average molecular weight is 781 g/mol. The molecule has 0 radical (unpaired) electrons. The molecule has 1 spiro atoms. The average Bonchev–Trinajstić information content (AvgIpc) is 3.96. The standard InChI is InChI=1S/C59H44N2/c1-5-18-56-42(6-2)47-32-29-41(37-57(47)61(56)38-19-8-7-9-20-38)60(39-30-33-51-48(35-39)45-23-10-14-25-50(45)58(51,3)4)40-31-34-55-49(36-40)46-24-13-17-28-54(46)59(55)52-26-15-11-21-43(52)44-22-12-16-27-53(44)59/h5-37H,1H2,2-4H3/b42-6-,56-18+. The van der Waals surface area contributed by atoms with Crippen LogP contribution in [0.2, 0.25) is 0 Å². The molecular weight excluding hydrogens is 737 g/mol. The van der Waals surface area contributed by atoms with E-state index in [0.717, 1.165) is 33.6 Å². The number of benzene rings is 8. The van der Waals surface area contributed by atoms with Crippen molar-refractivity contribution >= 4 is 40.1 Å². The molecule has 3 aliphatic rings. The van der Waals surface area contributed by atoms with Crippen LogP contribution in [0.25, 0.3) is 62.1 Å². The Morgan fingerprint density at radius 3 is 1.51 bits per heavy atom. The van der Waals surface area contributed by atoms with Crippen molar-refractivity contribution in [1.82, 2.24) is 4.57 Å². The van der Waals surface area contributed by atoms with Gasteiger partial charge in [-0.15, -0.1) is 0 Å². The molecule has 8 aromatic carbocycles. The van der Waals surface area contributed by atoms with E-state index in [4.69, 9.17) is 0 Å². The Labute approximate surface area is 357 Å². The van der Waals surface area contributed by atoms with Crippen molar-refractivity contribution in [2.45, 2.75) is 31.6 Å². The van der Waals surface area contributed by atoms with Gasteiger partial charge in [-0.2, -0.15) is 0 Å². The number of aromatic nitrogens is 1. The van der Waals surface area contributed by atoms with Gasteiger partial charge in [0.05, 0.1) is 16.3 Å². The van der Waals surface area contributed by atoms with E-state index < -0.39 is 5.41 Å². The van der Waals surface area contributed by atoms with Crippen molar-refractivity contribution in [2.24, 2.45) is 0 Å². The zero-order valence-electron chi connectivity index (χ0n) is 34.7. The van der Waals surface area contributed by atoms with Gasteiger partial charge in [0, 0.05) is 38.8 Å². The van der Waals surface area contributed by atoms with Crippen molar-refractivity contribution in [1.29, 1.82) is 0 Å². The molecule has 290 valence electrons. The molecule has 0 bridgehead atoms. The lowest BCUT2D eigenvalue weighted by Crippen LogP contribution is -2.27. The summed E-state index contributed by atoms with van der Waals surface area (Å²) in [5.41, 5.74) is 21.1. The first-order valence-electron chi connectivity index (χ1n) is 21.4. The maximum absolute atomic E-state index is 4.12. The second kappa shape index (κ2) is 13.0. The van der Waals surface area contributed by atoms with E-state index in [-0.39, 0.29) is 5.41 Å². The van der Waals surface area contributed by atoms with Gasteiger partial charge in [-0.25, -0.2) is 0 Å². The molecular formula is C59H44N2. The molecule has 0 fully saturated rings. The van der Waals surface area contributed by atoms with Gasteiger partial charge >= 0.3 is 0 Å². The minimum absolute atomic E-state index is 0.0880. The Balaban J connectivity index is 1.14. The van der Waals surface area contributed by atoms with Crippen LogP contribution >= 0.6 is 0 Å². The minimum atomic E-state index is -0.397. The quantitative estimate of drug-likeness (QED) is 0.169. The first-order chi connectivity index (χ1) is 29.9. The third-order valence-corrected chi connectivity index (χ3v) is 13.9. The highest BCUT2D eigenvalue weighted by molar-refractivity contribution is 5.98. The highest BCUT2D eigenvalue weighted by Gasteiger charge is 2.51. The van der Waals surface area contributed by atoms with Crippen molar-refractivity contribution in [3.8, 4) is 39.1 Å². The van der Waals surface area contributed by atoms with Crippen molar-refractivity contribution in [3.63, 3.8) is 0 Å². The molecule has 9 aromatic rings. The third kappa shape index (κ3) is 4.73. The van der Waals surface area contributed by atoms with Crippen molar-refractivity contribution in [2.75, 3.05) is 4.90 Å². The molecule has 12 rings (SSSR count). The monoisotopic (exact) mass is 780 g/mol. The van der Waals surface area contributed by atoms with Gasteiger partial charge in [-0.05, 0) is 128 Å². The maximum Gasteiger partial charge on any atom is 0.0725 e. The molecule has 0 N–H and O–H groups in total. The van der Waals surface area contributed by atoms with Gasteiger partial charge in [0.25, 0.3) is 0 Å².